The number of hydrogen-bond acceptors (Lipinski definition) is 5. The van der Waals surface area contributed by atoms with Gasteiger partial charge in [0.2, 0.25) is 0 Å². The maximum absolute atomic E-state index is 12.1. The molecule has 6 heteroatoms. The predicted molar refractivity (Wildman–Crippen MR) is 91.8 cm³/mol. The number of aromatic nitrogens is 1. The van der Waals surface area contributed by atoms with Crippen LogP contribution in [0.25, 0.3) is 0 Å². The summed E-state index contributed by atoms with van der Waals surface area (Å²) in [4.78, 5) is 18.5. The van der Waals surface area contributed by atoms with Crippen molar-refractivity contribution in [3.05, 3.63) is 16.1 Å². The molecule has 5 nitrogen and oxygen atoms in total. The summed E-state index contributed by atoms with van der Waals surface area (Å²) in [5.41, 5.74) is 0.166. The molecule has 23 heavy (non-hydrogen) atoms. The van der Waals surface area contributed by atoms with Crippen LogP contribution < -0.4 is 0 Å². The molecule has 0 aliphatic carbocycles. The number of thiazole rings is 1. The maximum Gasteiger partial charge on any atom is 0.410 e. The van der Waals surface area contributed by atoms with Gasteiger partial charge in [-0.1, -0.05) is 13.8 Å². The van der Waals surface area contributed by atoms with E-state index in [-0.39, 0.29) is 11.7 Å². The van der Waals surface area contributed by atoms with Crippen molar-refractivity contribution in [1.82, 2.24) is 9.88 Å². The van der Waals surface area contributed by atoms with Gasteiger partial charge in [0.1, 0.15) is 5.60 Å². The smallest absolute Gasteiger partial charge is 0.410 e. The lowest BCUT2D eigenvalue weighted by Crippen LogP contribution is -2.39. The third-order valence-electron chi connectivity index (χ3n) is 3.72. The minimum absolute atomic E-state index is 0.263. The lowest BCUT2D eigenvalue weighted by atomic mass is 10.1. The molecule has 0 radical (unpaired) electrons. The van der Waals surface area contributed by atoms with Gasteiger partial charge < -0.3 is 14.4 Å². The maximum atomic E-state index is 12.1. The van der Waals surface area contributed by atoms with Crippen molar-refractivity contribution >= 4 is 17.4 Å². The van der Waals surface area contributed by atoms with E-state index in [0.29, 0.717) is 25.6 Å². The fourth-order valence-electron chi connectivity index (χ4n) is 2.44. The second-order valence-corrected chi connectivity index (χ2v) is 8.61. The lowest BCUT2D eigenvalue weighted by molar-refractivity contribution is -0.0385. The van der Waals surface area contributed by atoms with Gasteiger partial charge in [-0.2, -0.15) is 0 Å². The Balaban J connectivity index is 1.87. The molecule has 1 fully saturated rings. The van der Waals surface area contributed by atoms with Crippen LogP contribution in [0.1, 0.15) is 64.6 Å². The van der Waals surface area contributed by atoms with E-state index in [0.717, 1.165) is 17.1 Å². The number of carbonyl (C=O) groups is 1. The average Bonchev–Trinajstić information content (AvgIpc) is 3.02. The van der Waals surface area contributed by atoms with Gasteiger partial charge in [-0.15, -0.1) is 11.3 Å². The van der Waals surface area contributed by atoms with Gasteiger partial charge in [0.25, 0.3) is 0 Å². The highest BCUT2D eigenvalue weighted by Gasteiger charge is 2.38. The highest BCUT2D eigenvalue weighted by Crippen LogP contribution is 2.28. The Morgan fingerprint density at radius 2 is 2.17 bits per heavy atom. The lowest BCUT2D eigenvalue weighted by Gasteiger charge is -2.27. The predicted octanol–water partition coefficient (Wildman–Crippen LogP) is 4.18. The molecule has 1 aromatic heterocycles. The largest absolute Gasteiger partial charge is 0.444 e. The van der Waals surface area contributed by atoms with Gasteiger partial charge in [0.05, 0.1) is 29.5 Å². The second-order valence-electron chi connectivity index (χ2n) is 7.72. The van der Waals surface area contributed by atoms with Crippen LogP contribution in [0.15, 0.2) is 5.38 Å². The quantitative estimate of drug-likeness (QED) is 0.825. The van der Waals surface area contributed by atoms with E-state index >= 15 is 0 Å². The van der Waals surface area contributed by atoms with E-state index in [1.54, 1.807) is 16.2 Å². The number of hydrogen-bond donors (Lipinski definition) is 0. The van der Waals surface area contributed by atoms with Crippen LogP contribution >= 0.6 is 11.3 Å². The molecule has 0 aromatic carbocycles. The zero-order chi connectivity index (χ0) is 17.3. The van der Waals surface area contributed by atoms with Crippen LogP contribution in [0.2, 0.25) is 0 Å². The molecule has 0 N–H and O–H groups in total. The summed E-state index contributed by atoms with van der Waals surface area (Å²) in [5, 5.41) is 3.19. The van der Waals surface area contributed by atoms with Crippen LogP contribution in [-0.4, -0.2) is 40.3 Å². The number of carbonyl (C=O) groups excluding carboxylic acids is 1. The summed E-state index contributed by atoms with van der Waals surface area (Å²) in [7, 11) is 0. The van der Waals surface area contributed by atoms with Crippen LogP contribution in [0, 0.1) is 0 Å². The fraction of sp³-hybridized carbons (Fsp3) is 0.765. The minimum atomic E-state index is -0.467. The normalized spacial score (nSPS) is 22.0. The van der Waals surface area contributed by atoms with Crippen LogP contribution in [0.3, 0.4) is 0 Å². The summed E-state index contributed by atoms with van der Waals surface area (Å²) < 4.78 is 11.5. The first-order valence-corrected chi connectivity index (χ1v) is 9.02. The highest BCUT2D eigenvalue weighted by atomic mass is 32.1. The number of ether oxygens (including phenoxy) is 2. The van der Waals surface area contributed by atoms with Crippen molar-refractivity contribution in [2.45, 2.75) is 71.7 Å². The van der Waals surface area contributed by atoms with Crippen molar-refractivity contribution in [1.29, 1.82) is 0 Å². The molecule has 0 bridgehead atoms. The SMILES string of the molecule is CC(C)c1nc(COC2(C)CCN(C(=O)OC(C)(C)C)C2)cs1. The van der Waals surface area contributed by atoms with E-state index in [9.17, 15) is 4.79 Å². The van der Waals surface area contributed by atoms with E-state index in [1.165, 1.54) is 0 Å². The first kappa shape index (κ1) is 18.2. The first-order valence-electron chi connectivity index (χ1n) is 8.14. The molecule has 0 spiro atoms. The minimum Gasteiger partial charge on any atom is -0.444 e. The Bertz CT molecular complexity index is 550. The molecule has 2 heterocycles. The molecular weight excluding hydrogens is 312 g/mol. The number of nitrogens with zero attached hydrogens (tertiary/aromatic N) is 2. The first-order chi connectivity index (χ1) is 10.6. The van der Waals surface area contributed by atoms with Crippen molar-refractivity contribution in [2.75, 3.05) is 13.1 Å². The number of likely N-dealkylation sites (tertiary alicyclic amines) is 1. The monoisotopic (exact) mass is 340 g/mol. The molecular formula is C17H28N2O3S. The molecule has 130 valence electrons. The van der Waals surface area contributed by atoms with Gasteiger partial charge in [-0.25, -0.2) is 9.78 Å². The molecule has 1 amide bonds. The summed E-state index contributed by atoms with van der Waals surface area (Å²) in [6, 6.07) is 0. The van der Waals surface area contributed by atoms with Gasteiger partial charge >= 0.3 is 6.09 Å². The van der Waals surface area contributed by atoms with Crippen LogP contribution in [0.4, 0.5) is 4.79 Å². The fourth-order valence-corrected chi connectivity index (χ4v) is 3.26. The Hall–Kier alpha value is -1.14. The second kappa shape index (κ2) is 6.77. The van der Waals surface area contributed by atoms with Crippen molar-refractivity contribution in [3.63, 3.8) is 0 Å². The van der Waals surface area contributed by atoms with Crippen LogP contribution in [0.5, 0.6) is 0 Å². The van der Waals surface area contributed by atoms with Gasteiger partial charge in [-0.05, 0) is 34.1 Å². The third kappa shape index (κ3) is 5.18. The zero-order valence-corrected chi connectivity index (χ0v) is 15.8. The Morgan fingerprint density at radius 3 is 2.74 bits per heavy atom. The molecule has 1 atom stereocenters. The van der Waals surface area contributed by atoms with E-state index in [2.05, 4.69) is 24.2 Å². The van der Waals surface area contributed by atoms with Gasteiger partial charge in [-0.3, -0.25) is 0 Å². The Labute approximate surface area is 143 Å². The molecule has 2 rings (SSSR count). The van der Waals surface area contributed by atoms with E-state index < -0.39 is 5.60 Å². The molecule has 1 unspecified atom stereocenters. The van der Waals surface area contributed by atoms with E-state index in [4.69, 9.17) is 9.47 Å². The summed E-state index contributed by atoms with van der Waals surface area (Å²) in [5.74, 6) is 0.443. The molecule has 1 aliphatic rings. The Kier molecular flexibility index (Phi) is 5.36. The molecule has 1 saturated heterocycles. The van der Waals surface area contributed by atoms with Crippen molar-refractivity contribution in [3.8, 4) is 0 Å². The third-order valence-corrected chi connectivity index (χ3v) is 4.91. The number of rotatable bonds is 4. The molecule has 0 saturated carbocycles. The van der Waals surface area contributed by atoms with Crippen molar-refractivity contribution < 1.29 is 14.3 Å². The van der Waals surface area contributed by atoms with Crippen LogP contribution in [-0.2, 0) is 16.1 Å². The summed E-state index contributed by atoms with van der Waals surface area (Å²) >= 11 is 1.68. The topological polar surface area (TPSA) is 51.7 Å². The average molecular weight is 340 g/mol. The van der Waals surface area contributed by atoms with Gasteiger partial charge in [0, 0.05) is 17.8 Å². The summed E-state index contributed by atoms with van der Waals surface area (Å²) in [6.07, 6.45) is 0.550. The van der Waals surface area contributed by atoms with E-state index in [1.807, 2.05) is 27.7 Å². The standard InChI is InChI=1S/C17H28N2O3S/c1-12(2)14-18-13(10-23-14)9-21-17(6)7-8-19(11-17)15(20)22-16(3,4)5/h10,12H,7-9,11H2,1-6H3. The van der Waals surface area contributed by atoms with Gasteiger partial charge in [0.15, 0.2) is 0 Å². The van der Waals surface area contributed by atoms with Crippen molar-refractivity contribution in [2.24, 2.45) is 0 Å². The summed E-state index contributed by atoms with van der Waals surface area (Å²) in [6.45, 7) is 13.7. The molecule has 1 aliphatic heterocycles. The highest BCUT2D eigenvalue weighted by molar-refractivity contribution is 7.09. The zero-order valence-electron chi connectivity index (χ0n) is 15.0. The molecule has 1 aromatic rings. The Morgan fingerprint density at radius 1 is 1.48 bits per heavy atom. The number of amides is 1.